The van der Waals surface area contributed by atoms with Crippen molar-refractivity contribution in [2.75, 3.05) is 0 Å². The van der Waals surface area contributed by atoms with Crippen LogP contribution in [-0.4, -0.2) is 22.2 Å². The minimum atomic E-state index is -0.981. The predicted molar refractivity (Wildman–Crippen MR) is 96.9 cm³/mol. The van der Waals surface area contributed by atoms with Gasteiger partial charge in [0.25, 0.3) is 0 Å². The Morgan fingerprint density at radius 3 is 1.71 bits per heavy atom. The standard InChI is InChI=1S/C10H10O2.C7H8.C3H4O2/c1-7-5-3-4-6-9(7)8(2)10(11)12;1-7-5-3-2-4-6-7;1-2-3(4)5/h3-6H,2H2,1H3,(H,11,12);2-6H,1H3;2H,1H2,(H,4,5). The van der Waals surface area contributed by atoms with Crippen LogP contribution in [0.2, 0.25) is 0 Å². The van der Waals surface area contributed by atoms with Gasteiger partial charge in [0.2, 0.25) is 0 Å². The molecule has 0 unspecified atom stereocenters. The van der Waals surface area contributed by atoms with Crippen LogP contribution >= 0.6 is 0 Å². The van der Waals surface area contributed by atoms with Crippen molar-refractivity contribution < 1.29 is 19.8 Å². The molecule has 0 spiro atoms. The highest BCUT2D eigenvalue weighted by atomic mass is 16.4. The summed E-state index contributed by atoms with van der Waals surface area (Å²) >= 11 is 0. The molecule has 0 amide bonds. The van der Waals surface area contributed by atoms with Crippen molar-refractivity contribution in [2.45, 2.75) is 13.8 Å². The third-order valence-corrected chi connectivity index (χ3v) is 2.84. The molecule has 0 saturated heterocycles. The average Bonchev–Trinajstić information content (AvgIpc) is 2.56. The van der Waals surface area contributed by atoms with Crippen LogP contribution in [0.3, 0.4) is 0 Å². The van der Waals surface area contributed by atoms with Gasteiger partial charge in [0.15, 0.2) is 0 Å². The summed E-state index contributed by atoms with van der Waals surface area (Å²) in [7, 11) is 0. The van der Waals surface area contributed by atoms with Gasteiger partial charge in [-0.1, -0.05) is 73.3 Å². The lowest BCUT2D eigenvalue weighted by molar-refractivity contribution is -0.132. The summed E-state index contributed by atoms with van der Waals surface area (Å²) in [5, 5.41) is 16.3. The van der Waals surface area contributed by atoms with E-state index in [2.05, 4.69) is 32.2 Å². The van der Waals surface area contributed by atoms with Crippen molar-refractivity contribution in [1.29, 1.82) is 0 Å². The summed E-state index contributed by atoms with van der Waals surface area (Å²) in [4.78, 5) is 19.8. The lowest BCUT2D eigenvalue weighted by Gasteiger charge is -2.03. The Balaban J connectivity index is 0.000000373. The number of carboxylic acids is 2. The van der Waals surface area contributed by atoms with Gasteiger partial charge in [-0.25, -0.2) is 9.59 Å². The smallest absolute Gasteiger partial charge is 0.335 e. The average molecular weight is 326 g/mol. The second kappa shape index (κ2) is 11.4. The zero-order chi connectivity index (χ0) is 18.5. The molecule has 0 atom stereocenters. The molecular weight excluding hydrogens is 304 g/mol. The third kappa shape index (κ3) is 9.00. The monoisotopic (exact) mass is 326 g/mol. The zero-order valence-corrected chi connectivity index (χ0v) is 13.9. The highest BCUT2D eigenvalue weighted by Crippen LogP contribution is 2.16. The summed E-state index contributed by atoms with van der Waals surface area (Å²) in [6.07, 6.45) is 0.833. The molecule has 0 heterocycles. The molecule has 2 N–H and O–H groups in total. The van der Waals surface area contributed by atoms with Crippen LogP contribution in [0.5, 0.6) is 0 Å². The maximum atomic E-state index is 10.6. The Labute approximate surface area is 142 Å². The fourth-order valence-electron chi connectivity index (χ4n) is 1.56. The van der Waals surface area contributed by atoms with E-state index in [0.29, 0.717) is 5.56 Å². The number of carboxylic acid groups (broad SMARTS) is 2. The van der Waals surface area contributed by atoms with E-state index < -0.39 is 11.9 Å². The molecule has 0 aromatic heterocycles. The highest BCUT2D eigenvalue weighted by Gasteiger charge is 2.08. The Morgan fingerprint density at radius 2 is 1.38 bits per heavy atom. The molecule has 126 valence electrons. The SMILES string of the molecule is C=C(C(=O)O)c1ccccc1C.C=CC(=O)O.Cc1ccccc1. The number of carbonyl (C=O) groups is 2. The highest BCUT2D eigenvalue weighted by molar-refractivity contribution is 6.14. The molecule has 0 aliphatic heterocycles. The van der Waals surface area contributed by atoms with Crippen molar-refractivity contribution in [3.05, 3.63) is 90.5 Å². The number of aryl methyl sites for hydroxylation is 2. The first-order valence-corrected chi connectivity index (χ1v) is 7.14. The molecule has 2 rings (SSSR count). The zero-order valence-electron chi connectivity index (χ0n) is 13.9. The molecule has 4 heteroatoms. The molecule has 4 nitrogen and oxygen atoms in total. The van der Waals surface area contributed by atoms with Crippen molar-refractivity contribution >= 4 is 17.5 Å². The summed E-state index contributed by atoms with van der Waals surface area (Å²) in [6, 6.07) is 17.6. The molecule has 2 aromatic rings. The molecular formula is C20H22O4. The Hall–Kier alpha value is -3.14. The molecule has 0 aliphatic rings. The van der Waals surface area contributed by atoms with Gasteiger partial charge in [0.1, 0.15) is 0 Å². The predicted octanol–water partition coefficient (Wildman–Crippen LogP) is 4.34. The number of benzene rings is 2. The van der Waals surface area contributed by atoms with Crippen LogP contribution in [-0.2, 0) is 9.59 Å². The van der Waals surface area contributed by atoms with Crippen molar-refractivity contribution in [1.82, 2.24) is 0 Å². The molecule has 2 aromatic carbocycles. The molecule has 24 heavy (non-hydrogen) atoms. The normalized spacial score (nSPS) is 8.58. The van der Waals surface area contributed by atoms with Crippen LogP contribution < -0.4 is 0 Å². The summed E-state index contributed by atoms with van der Waals surface area (Å²) in [5.41, 5.74) is 3.10. The molecule has 0 fully saturated rings. The third-order valence-electron chi connectivity index (χ3n) is 2.84. The van der Waals surface area contributed by atoms with Gasteiger partial charge in [-0.15, -0.1) is 0 Å². The fourth-order valence-corrected chi connectivity index (χ4v) is 1.56. The van der Waals surface area contributed by atoms with Gasteiger partial charge >= 0.3 is 11.9 Å². The molecule has 0 radical (unpaired) electrons. The summed E-state index contributed by atoms with van der Waals surface area (Å²) in [5.74, 6) is -1.95. The minimum absolute atomic E-state index is 0.146. The van der Waals surface area contributed by atoms with E-state index in [0.717, 1.165) is 11.6 Å². The van der Waals surface area contributed by atoms with Gasteiger partial charge in [-0.05, 0) is 25.0 Å². The van der Waals surface area contributed by atoms with Crippen molar-refractivity contribution in [3.8, 4) is 0 Å². The van der Waals surface area contributed by atoms with Gasteiger partial charge in [0.05, 0.1) is 5.57 Å². The van der Waals surface area contributed by atoms with Gasteiger partial charge in [0, 0.05) is 6.08 Å². The molecule has 0 bridgehead atoms. The van der Waals surface area contributed by atoms with Crippen LogP contribution in [0.25, 0.3) is 5.57 Å². The van der Waals surface area contributed by atoms with Crippen molar-refractivity contribution in [2.24, 2.45) is 0 Å². The largest absolute Gasteiger partial charge is 0.478 e. The van der Waals surface area contributed by atoms with Gasteiger partial charge in [-0.2, -0.15) is 0 Å². The Bertz CT molecular complexity index is 688. The lowest BCUT2D eigenvalue weighted by Crippen LogP contribution is -1.99. The summed E-state index contributed by atoms with van der Waals surface area (Å²) < 4.78 is 0. The second-order valence-corrected chi connectivity index (χ2v) is 4.80. The number of aliphatic carboxylic acids is 2. The van der Waals surface area contributed by atoms with E-state index in [9.17, 15) is 9.59 Å². The number of hydrogen-bond acceptors (Lipinski definition) is 2. The quantitative estimate of drug-likeness (QED) is 0.823. The van der Waals surface area contributed by atoms with Crippen LogP contribution in [0.4, 0.5) is 0 Å². The van der Waals surface area contributed by atoms with E-state index in [1.807, 2.05) is 37.3 Å². The number of hydrogen-bond donors (Lipinski definition) is 2. The van der Waals surface area contributed by atoms with Crippen LogP contribution in [0.15, 0.2) is 73.8 Å². The topological polar surface area (TPSA) is 74.6 Å². The molecule has 0 saturated carbocycles. The van der Waals surface area contributed by atoms with E-state index in [1.165, 1.54) is 5.56 Å². The first kappa shape index (κ1) is 20.9. The molecule has 0 aliphatic carbocycles. The fraction of sp³-hybridized carbons (Fsp3) is 0.100. The first-order chi connectivity index (χ1) is 11.3. The van der Waals surface area contributed by atoms with E-state index in [1.54, 1.807) is 12.1 Å². The Kier molecular flexibility index (Phi) is 9.93. The van der Waals surface area contributed by atoms with Gasteiger partial charge in [-0.3, -0.25) is 0 Å². The van der Waals surface area contributed by atoms with E-state index in [-0.39, 0.29) is 5.57 Å². The van der Waals surface area contributed by atoms with E-state index >= 15 is 0 Å². The maximum absolute atomic E-state index is 10.6. The number of rotatable bonds is 3. The summed E-state index contributed by atoms with van der Waals surface area (Å²) in [6.45, 7) is 10.4. The lowest BCUT2D eigenvalue weighted by atomic mass is 10.0. The van der Waals surface area contributed by atoms with Gasteiger partial charge < -0.3 is 10.2 Å². The Morgan fingerprint density at radius 1 is 0.917 bits per heavy atom. The van der Waals surface area contributed by atoms with Crippen LogP contribution in [0.1, 0.15) is 16.7 Å². The van der Waals surface area contributed by atoms with Crippen molar-refractivity contribution in [3.63, 3.8) is 0 Å². The van der Waals surface area contributed by atoms with Crippen LogP contribution in [0, 0.1) is 13.8 Å². The first-order valence-electron chi connectivity index (χ1n) is 7.14. The van der Waals surface area contributed by atoms with E-state index in [4.69, 9.17) is 10.2 Å². The minimum Gasteiger partial charge on any atom is -0.478 e. The second-order valence-electron chi connectivity index (χ2n) is 4.80. The maximum Gasteiger partial charge on any atom is 0.335 e.